The van der Waals surface area contributed by atoms with Crippen molar-refractivity contribution in [2.45, 2.75) is 125 Å². The molecule has 4 N–H and O–H groups in total. The molecule has 0 bridgehead atoms. The van der Waals surface area contributed by atoms with E-state index in [0.29, 0.717) is 18.5 Å². The Morgan fingerprint density at radius 1 is 0.595 bits per heavy atom. The SMILES string of the molecule is CC1(C)C(/C=C/Nc2ccccc2)=[N+](CCCCCC(=O)O)c2ccc(S(=O)(=O)[O-])cc21.CC1(C)C=[N+](c2cccc(S(=O)(=O)[O-])c2)c2cc(S(=O)(=O)[O-])c3cc(S(=O)(=O)[O-])ccc3c21.CC[NH+](CC)CC.CC[NH+](CC)CC. The Bertz CT molecular complexity index is 3500. The summed E-state index contributed by atoms with van der Waals surface area (Å²) in [6, 6.07) is 23.5. The summed E-state index contributed by atoms with van der Waals surface area (Å²) < 4.78 is 143. The van der Waals surface area contributed by atoms with Crippen molar-refractivity contribution < 1.29 is 76.2 Å². The number of carboxylic acids is 1. The van der Waals surface area contributed by atoms with E-state index in [0.717, 1.165) is 65.8 Å². The van der Waals surface area contributed by atoms with E-state index in [-0.39, 0.29) is 33.5 Å². The molecule has 2 aliphatic rings. The number of nitrogens with zero attached hydrogens (tertiary/aromatic N) is 2. The van der Waals surface area contributed by atoms with Gasteiger partial charge < -0.3 is 38.4 Å². The van der Waals surface area contributed by atoms with Crippen LogP contribution in [0, 0.1) is 0 Å². The lowest BCUT2D eigenvalue weighted by atomic mass is 9.81. The maximum atomic E-state index is 12.1. The van der Waals surface area contributed by atoms with Gasteiger partial charge in [-0.3, -0.25) is 4.79 Å². The summed E-state index contributed by atoms with van der Waals surface area (Å²) in [5.74, 6) is -0.800. The van der Waals surface area contributed by atoms with Crippen LogP contribution in [0.3, 0.4) is 0 Å². The molecule has 2 aliphatic heterocycles. The smallest absolute Gasteiger partial charge is 0.303 e. The summed E-state index contributed by atoms with van der Waals surface area (Å²) in [6.45, 7) is 29.2. The summed E-state index contributed by atoms with van der Waals surface area (Å²) in [5.41, 5.74) is 3.18. The number of aliphatic carboxylic acids is 1. The van der Waals surface area contributed by atoms with Crippen LogP contribution in [-0.4, -0.2) is 125 Å². The van der Waals surface area contributed by atoms with Crippen LogP contribution in [0.25, 0.3) is 10.8 Å². The summed E-state index contributed by atoms with van der Waals surface area (Å²) in [5, 5.41) is 12.1. The van der Waals surface area contributed by atoms with Crippen LogP contribution < -0.4 is 19.7 Å². The topological polar surface area (TPSA) is 293 Å². The molecule has 5 aromatic carbocycles. The van der Waals surface area contributed by atoms with Crippen LogP contribution in [0.2, 0.25) is 0 Å². The van der Waals surface area contributed by atoms with E-state index in [9.17, 15) is 56.7 Å². The van der Waals surface area contributed by atoms with E-state index in [1.54, 1.807) is 35.9 Å². The summed E-state index contributed by atoms with van der Waals surface area (Å²) >= 11 is 0. The molecule has 0 amide bonds. The van der Waals surface area contributed by atoms with E-state index in [1.807, 2.05) is 56.5 Å². The molecule has 0 spiro atoms. The van der Waals surface area contributed by atoms with Crippen molar-refractivity contribution >= 4 is 91.9 Å². The zero-order chi connectivity index (χ0) is 59.3. The Labute approximate surface area is 467 Å². The molecule has 23 heteroatoms. The zero-order valence-electron chi connectivity index (χ0n) is 46.5. The number of para-hydroxylation sites is 1. The van der Waals surface area contributed by atoms with Gasteiger partial charge >= 0.3 is 5.97 Å². The third-order valence-corrected chi connectivity index (χ3v) is 17.4. The highest BCUT2D eigenvalue weighted by molar-refractivity contribution is 7.86. The Morgan fingerprint density at radius 2 is 1.13 bits per heavy atom. The van der Waals surface area contributed by atoms with Gasteiger partial charge in [-0.05, 0) is 130 Å². The number of quaternary nitrogens is 2. The molecule has 5 aromatic rings. The molecule has 0 aliphatic carbocycles. The first-order valence-corrected chi connectivity index (χ1v) is 31.8. The fourth-order valence-electron chi connectivity index (χ4n) is 9.57. The highest BCUT2D eigenvalue weighted by Crippen LogP contribution is 2.46. The molecule has 79 heavy (non-hydrogen) atoms. The minimum atomic E-state index is -5.12. The quantitative estimate of drug-likeness (QED) is 0.0404. The molecular weight excluding hydrogens is 1090 g/mol. The highest BCUT2D eigenvalue weighted by Gasteiger charge is 2.45. The van der Waals surface area contributed by atoms with Crippen LogP contribution in [0.4, 0.5) is 22.7 Å². The minimum Gasteiger partial charge on any atom is -0.744 e. The van der Waals surface area contributed by atoms with Gasteiger partial charge in [0, 0.05) is 71.6 Å². The van der Waals surface area contributed by atoms with Gasteiger partial charge in [0.05, 0.1) is 69.7 Å². The van der Waals surface area contributed by atoms with E-state index in [2.05, 4.69) is 51.4 Å². The summed E-state index contributed by atoms with van der Waals surface area (Å²) in [7, 11) is -19.4. The molecule has 0 unspecified atom stereocenters. The second-order valence-corrected chi connectivity index (χ2v) is 25.5. The molecule has 0 radical (unpaired) electrons. The Kier molecular flexibility index (Phi) is 23.0. The molecule has 432 valence electrons. The van der Waals surface area contributed by atoms with Gasteiger partial charge in [-0.2, -0.15) is 9.15 Å². The molecular formula is C56H75N5O14S4. The van der Waals surface area contributed by atoms with Crippen LogP contribution in [0.15, 0.2) is 129 Å². The van der Waals surface area contributed by atoms with Crippen LogP contribution >= 0.6 is 0 Å². The normalized spacial score (nSPS) is 14.7. The number of rotatable bonds is 20. The van der Waals surface area contributed by atoms with E-state index >= 15 is 0 Å². The number of hydrogen-bond donors (Lipinski definition) is 4. The molecule has 0 saturated carbocycles. The first-order chi connectivity index (χ1) is 36.8. The molecule has 0 saturated heterocycles. The van der Waals surface area contributed by atoms with Crippen molar-refractivity contribution in [1.29, 1.82) is 0 Å². The summed E-state index contributed by atoms with van der Waals surface area (Å²) in [6.07, 6.45) is 7.76. The predicted octanol–water partition coefficient (Wildman–Crippen LogP) is 5.85. The lowest BCUT2D eigenvalue weighted by molar-refractivity contribution is -0.894. The van der Waals surface area contributed by atoms with Gasteiger partial charge in [-0.15, -0.1) is 0 Å². The van der Waals surface area contributed by atoms with E-state index in [4.69, 9.17) is 5.11 Å². The molecule has 0 aromatic heterocycles. The number of carbonyl (C=O) groups is 1. The second-order valence-electron chi connectivity index (χ2n) is 20.0. The maximum absolute atomic E-state index is 12.1. The molecule has 19 nitrogen and oxygen atoms in total. The maximum Gasteiger partial charge on any atom is 0.303 e. The van der Waals surface area contributed by atoms with Gasteiger partial charge in [-0.25, -0.2) is 33.7 Å². The number of fused-ring (bicyclic) bond motifs is 4. The standard InChI is InChI=1S/C24H28N2O5S.C20H17NO9S3.2C6H15N/c1-24(2)20-17-19(32(29,30)31)12-13-21(20)26(16-8-4-7-11-23(27)28)22(24)14-15-25-18-9-5-3-6-10-18;1-20(2)11-21(12-4-3-5-13(8-12)31(22,23)24)17-10-18(33(28,29)30)16-9-14(32(25,26)27)6-7-15(16)19(17)20;2*1-4-7(5-2)6-3/h3,5-6,9-10,12-15,17H,4,7-8,11,16H2,1-2H3,(H2,27,28,29,30,31);3-11H,1-2H3,(H2-,22,23,24,25,26,27,28,29,30);2*4-6H2,1-3H3. The Hall–Kier alpha value is -5.73. The van der Waals surface area contributed by atoms with Crippen molar-refractivity contribution in [3.63, 3.8) is 0 Å². The average Bonchev–Trinajstić information content (AvgIpc) is 3.90. The third-order valence-electron chi connectivity index (χ3n) is 14.0. The monoisotopic (exact) mass is 1170 g/mol. The Morgan fingerprint density at radius 3 is 1.63 bits per heavy atom. The largest absolute Gasteiger partial charge is 0.744 e. The number of carboxylic acid groups (broad SMARTS) is 1. The lowest BCUT2D eigenvalue weighted by Crippen LogP contribution is -3.11. The first-order valence-electron chi connectivity index (χ1n) is 26.2. The van der Waals surface area contributed by atoms with Crippen LogP contribution in [0.5, 0.6) is 0 Å². The third kappa shape index (κ3) is 17.4. The number of hydrogen-bond acceptors (Lipinski definition) is 14. The van der Waals surface area contributed by atoms with Gasteiger partial charge in [0.1, 0.15) is 47.0 Å². The van der Waals surface area contributed by atoms with Gasteiger partial charge in [-0.1, -0.05) is 30.3 Å². The number of unbranched alkanes of at least 4 members (excludes halogenated alkanes) is 2. The van der Waals surface area contributed by atoms with Crippen LogP contribution in [-0.2, 0) is 56.1 Å². The van der Waals surface area contributed by atoms with Crippen LogP contribution in [0.1, 0.15) is 106 Å². The van der Waals surface area contributed by atoms with E-state index < -0.39 is 72.0 Å². The minimum absolute atomic E-state index is 0.143. The van der Waals surface area contributed by atoms with E-state index in [1.165, 1.54) is 74.2 Å². The molecule has 2 heterocycles. The number of benzene rings is 5. The number of anilines is 1. The lowest BCUT2D eigenvalue weighted by Gasteiger charge is -2.19. The number of nitrogens with one attached hydrogen (secondary N) is 3. The Balaban J connectivity index is 0.000000274. The van der Waals surface area contributed by atoms with Gasteiger partial charge in [0.2, 0.25) is 17.1 Å². The molecule has 0 atom stereocenters. The number of allylic oxidation sites excluding steroid dienone is 1. The summed E-state index contributed by atoms with van der Waals surface area (Å²) in [4.78, 5) is 12.0. The van der Waals surface area contributed by atoms with Crippen molar-refractivity contribution in [2.75, 3.05) is 51.1 Å². The van der Waals surface area contributed by atoms with Gasteiger partial charge in [0.15, 0.2) is 11.9 Å². The van der Waals surface area contributed by atoms with Crippen molar-refractivity contribution in [1.82, 2.24) is 4.58 Å². The zero-order valence-corrected chi connectivity index (χ0v) is 49.8. The fourth-order valence-corrected chi connectivity index (χ4v) is 11.8. The first kappa shape index (κ1) is 65.8. The van der Waals surface area contributed by atoms with Crippen molar-refractivity contribution in [2.24, 2.45) is 0 Å². The van der Waals surface area contributed by atoms with Gasteiger partial charge in [0.25, 0.3) is 0 Å². The van der Waals surface area contributed by atoms with Crippen molar-refractivity contribution in [3.05, 3.63) is 120 Å². The fraction of sp³-hybridized carbons (Fsp3) is 0.411. The van der Waals surface area contributed by atoms with Crippen molar-refractivity contribution in [3.8, 4) is 0 Å². The second kappa shape index (κ2) is 27.6. The molecule has 0 fully saturated rings. The average molecular weight is 1170 g/mol. The highest BCUT2D eigenvalue weighted by atomic mass is 32.2. The predicted molar refractivity (Wildman–Crippen MR) is 303 cm³/mol. The molecule has 7 rings (SSSR count).